The Bertz CT molecular complexity index is 470. The molecule has 8 heteroatoms. The molecule has 0 aliphatic carbocycles. The lowest BCUT2D eigenvalue weighted by Crippen LogP contribution is -2.39. The van der Waals surface area contributed by atoms with Crippen molar-refractivity contribution in [3.8, 4) is 0 Å². The van der Waals surface area contributed by atoms with Crippen molar-refractivity contribution in [1.29, 1.82) is 0 Å². The first-order valence-electron chi connectivity index (χ1n) is 6.48. The van der Waals surface area contributed by atoms with Gasteiger partial charge in [0.15, 0.2) is 0 Å². The highest BCUT2D eigenvalue weighted by molar-refractivity contribution is 5.86. The van der Waals surface area contributed by atoms with Crippen LogP contribution < -0.4 is 16.4 Å². The van der Waals surface area contributed by atoms with Crippen LogP contribution in [0.15, 0.2) is 24.3 Å². The van der Waals surface area contributed by atoms with Crippen LogP contribution in [0.2, 0.25) is 0 Å². The lowest BCUT2D eigenvalue weighted by atomic mass is 10.1. The summed E-state index contributed by atoms with van der Waals surface area (Å²) in [5, 5.41) is 5.21. The lowest BCUT2D eigenvalue weighted by Gasteiger charge is -2.14. The Hall–Kier alpha value is -1.34. The third-order valence-electron chi connectivity index (χ3n) is 2.71. The van der Waals surface area contributed by atoms with Gasteiger partial charge in [0.05, 0.1) is 13.1 Å². The third-order valence-corrected chi connectivity index (χ3v) is 2.71. The molecule has 0 aliphatic rings. The summed E-state index contributed by atoms with van der Waals surface area (Å²) < 4.78 is 0. The fourth-order valence-corrected chi connectivity index (χ4v) is 1.73. The summed E-state index contributed by atoms with van der Waals surface area (Å²) in [5.74, 6) is -0.570. The number of hydrogen-bond donors (Lipinski definition) is 3. The number of hydrogen-bond acceptors (Lipinski definition) is 4. The molecule has 126 valence electrons. The van der Waals surface area contributed by atoms with E-state index in [9.17, 15) is 9.59 Å². The maximum absolute atomic E-state index is 11.6. The van der Waals surface area contributed by atoms with Gasteiger partial charge in [0.1, 0.15) is 0 Å². The van der Waals surface area contributed by atoms with Crippen molar-refractivity contribution in [3.63, 3.8) is 0 Å². The number of amides is 2. The summed E-state index contributed by atoms with van der Waals surface area (Å²) >= 11 is 0. The molecule has 0 bridgehead atoms. The molecule has 6 nitrogen and oxygen atoms in total. The molecule has 4 N–H and O–H groups in total. The maximum atomic E-state index is 11.6. The Morgan fingerprint density at radius 3 is 2.18 bits per heavy atom. The summed E-state index contributed by atoms with van der Waals surface area (Å²) in [6, 6.07) is 7.94. The van der Waals surface area contributed by atoms with Crippen LogP contribution in [-0.2, 0) is 22.7 Å². The average Bonchev–Trinajstić information content (AvgIpc) is 2.43. The second-order valence-electron chi connectivity index (χ2n) is 4.76. The van der Waals surface area contributed by atoms with Crippen molar-refractivity contribution in [2.75, 3.05) is 27.2 Å². The van der Waals surface area contributed by atoms with Crippen molar-refractivity contribution in [3.05, 3.63) is 35.4 Å². The van der Waals surface area contributed by atoms with E-state index < -0.39 is 0 Å². The minimum absolute atomic E-state index is 0. The topological polar surface area (TPSA) is 87.5 Å². The number of benzene rings is 1. The van der Waals surface area contributed by atoms with E-state index in [4.69, 9.17) is 5.73 Å². The molecule has 22 heavy (non-hydrogen) atoms. The van der Waals surface area contributed by atoms with E-state index in [-0.39, 0.29) is 49.7 Å². The number of nitrogens with zero attached hydrogens (tertiary/aromatic N) is 1. The van der Waals surface area contributed by atoms with E-state index >= 15 is 0 Å². The van der Waals surface area contributed by atoms with Crippen molar-refractivity contribution < 1.29 is 9.59 Å². The van der Waals surface area contributed by atoms with Gasteiger partial charge in [0.25, 0.3) is 0 Å². The third kappa shape index (κ3) is 8.84. The standard InChI is InChI=1S/C14H22N4O2.2ClH/c1-18(2)10-12-6-4-3-5-11(12)8-16-14(20)9-17-13(19)7-15;;/h3-6H,7-10,15H2,1-2H3,(H,16,20)(H,17,19);2*1H. The highest BCUT2D eigenvalue weighted by Gasteiger charge is 2.06. The molecule has 1 rings (SSSR count). The van der Waals surface area contributed by atoms with Crippen LogP contribution in [0.1, 0.15) is 11.1 Å². The summed E-state index contributed by atoms with van der Waals surface area (Å²) in [7, 11) is 4.00. The van der Waals surface area contributed by atoms with E-state index in [2.05, 4.69) is 15.5 Å². The molecule has 2 amide bonds. The Morgan fingerprint density at radius 2 is 1.64 bits per heavy atom. The molecule has 1 aromatic carbocycles. The van der Waals surface area contributed by atoms with Gasteiger partial charge in [-0.25, -0.2) is 0 Å². The maximum Gasteiger partial charge on any atom is 0.239 e. The normalized spacial score (nSPS) is 9.45. The Labute approximate surface area is 143 Å². The van der Waals surface area contributed by atoms with Gasteiger partial charge in [-0.3, -0.25) is 9.59 Å². The predicted molar refractivity (Wildman–Crippen MR) is 92.2 cm³/mol. The second-order valence-corrected chi connectivity index (χ2v) is 4.76. The van der Waals surface area contributed by atoms with Gasteiger partial charge < -0.3 is 21.3 Å². The Kier molecular flexibility index (Phi) is 12.7. The first-order valence-corrected chi connectivity index (χ1v) is 6.48. The highest BCUT2D eigenvalue weighted by Crippen LogP contribution is 2.10. The molecule has 0 heterocycles. The minimum atomic E-state index is -0.340. The molecule has 0 saturated carbocycles. The van der Waals surface area contributed by atoms with Gasteiger partial charge in [0, 0.05) is 13.1 Å². The molecule has 0 radical (unpaired) electrons. The van der Waals surface area contributed by atoms with Crippen molar-refractivity contribution in [2.24, 2.45) is 5.73 Å². The van der Waals surface area contributed by atoms with Crippen molar-refractivity contribution in [1.82, 2.24) is 15.5 Å². The first kappa shape index (κ1) is 22.9. The largest absolute Gasteiger partial charge is 0.350 e. The van der Waals surface area contributed by atoms with E-state index in [1.54, 1.807) is 0 Å². The van der Waals surface area contributed by atoms with Gasteiger partial charge in [-0.05, 0) is 25.2 Å². The molecule has 0 aliphatic heterocycles. The predicted octanol–water partition coefficient (Wildman–Crippen LogP) is 0.283. The van der Waals surface area contributed by atoms with E-state index in [0.717, 1.165) is 12.1 Å². The second kappa shape index (κ2) is 12.2. The highest BCUT2D eigenvalue weighted by atomic mass is 35.5. The molecule has 0 saturated heterocycles. The van der Waals surface area contributed by atoms with Crippen LogP contribution in [0.25, 0.3) is 0 Å². The molecule has 0 spiro atoms. The zero-order valence-electron chi connectivity index (χ0n) is 12.8. The van der Waals surface area contributed by atoms with Crippen LogP contribution in [-0.4, -0.2) is 43.9 Å². The van der Waals surface area contributed by atoms with E-state index in [0.29, 0.717) is 6.54 Å². The van der Waals surface area contributed by atoms with Crippen LogP contribution in [0, 0.1) is 0 Å². The number of carbonyl (C=O) groups is 2. The van der Waals surface area contributed by atoms with Gasteiger partial charge >= 0.3 is 0 Å². The molecule has 0 atom stereocenters. The smallest absolute Gasteiger partial charge is 0.239 e. The van der Waals surface area contributed by atoms with Crippen LogP contribution in [0.3, 0.4) is 0 Å². The number of carbonyl (C=O) groups excluding carboxylic acids is 2. The van der Waals surface area contributed by atoms with Gasteiger partial charge in [-0.2, -0.15) is 0 Å². The van der Waals surface area contributed by atoms with Crippen LogP contribution in [0.5, 0.6) is 0 Å². The summed E-state index contributed by atoms with van der Waals surface area (Å²) in [6.07, 6.45) is 0. The number of nitrogens with one attached hydrogen (secondary N) is 2. The summed E-state index contributed by atoms with van der Waals surface area (Å²) in [4.78, 5) is 24.6. The molecule has 0 aromatic heterocycles. The first-order chi connectivity index (χ1) is 9.52. The van der Waals surface area contributed by atoms with Crippen LogP contribution >= 0.6 is 24.8 Å². The van der Waals surface area contributed by atoms with Crippen molar-refractivity contribution >= 4 is 36.6 Å². The molecule has 0 unspecified atom stereocenters. The zero-order chi connectivity index (χ0) is 15.0. The molecule has 0 fully saturated rings. The van der Waals surface area contributed by atoms with E-state index in [1.165, 1.54) is 5.56 Å². The average molecular weight is 351 g/mol. The zero-order valence-corrected chi connectivity index (χ0v) is 14.4. The fourth-order valence-electron chi connectivity index (χ4n) is 1.73. The van der Waals surface area contributed by atoms with Gasteiger partial charge in [-0.15, -0.1) is 24.8 Å². The van der Waals surface area contributed by atoms with Crippen molar-refractivity contribution in [2.45, 2.75) is 13.1 Å². The number of nitrogens with two attached hydrogens (primary N) is 1. The Balaban J connectivity index is 0. The molecule has 1 aromatic rings. The Morgan fingerprint density at radius 1 is 1.05 bits per heavy atom. The van der Waals surface area contributed by atoms with Gasteiger partial charge in [-0.1, -0.05) is 24.3 Å². The molecular formula is C14H24Cl2N4O2. The van der Waals surface area contributed by atoms with Crippen LogP contribution in [0.4, 0.5) is 0 Å². The summed E-state index contributed by atoms with van der Waals surface area (Å²) in [5.41, 5.74) is 7.38. The molecular weight excluding hydrogens is 327 g/mol. The summed E-state index contributed by atoms with van der Waals surface area (Å²) in [6.45, 7) is 1.10. The van der Waals surface area contributed by atoms with Gasteiger partial charge in [0.2, 0.25) is 11.8 Å². The SMILES string of the molecule is CN(C)Cc1ccccc1CNC(=O)CNC(=O)CN.Cl.Cl. The quantitative estimate of drug-likeness (QED) is 0.659. The van der Waals surface area contributed by atoms with E-state index in [1.807, 2.05) is 38.4 Å². The lowest BCUT2D eigenvalue weighted by molar-refractivity contribution is -0.125. The monoisotopic (exact) mass is 350 g/mol. The fraction of sp³-hybridized carbons (Fsp3) is 0.429. The number of halogens is 2. The number of rotatable bonds is 7. The minimum Gasteiger partial charge on any atom is -0.350 e.